The Balaban J connectivity index is 1.28. The van der Waals surface area contributed by atoms with E-state index in [4.69, 9.17) is 32.5 Å². The third kappa shape index (κ3) is 3.81. The zero-order valence-corrected chi connectivity index (χ0v) is 18.1. The molecule has 4 heterocycles. The second-order valence-electron chi connectivity index (χ2n) is 7.98. The van der Waals surface area contributed by atoms with Gasteiger partial charge in [-0.1, -0.05) is 11.6 Å². The van der Waals surface area contributed by atoms with E-state index in [-0.39, 0.29) is 5.82 Å². The summed E-state index contributed by atoms with van der Waals surface area (Å²) in [6.07, 6.45) is 3.82. The highest BCUT2D eigenvalue weighted by Crippen LogP contribution is 2.34. The van der Waals surface area contributed by atoms with Gasteiger partial charge >= 0.3 is 0 Å². The van der Waals surface area contributed by atoms with Crippen LogP contribution in [0.25, 0.3) is 0 Å². The molecule has 3 aliphatic heterocycles. The maximum absolute atomic E-state index is 14.3. The van der Waals surface area contributed by atoms with Crippen molar-refractivity contribution in [2.24, 2.45) is 21.5 Å². The highest BCUT2D eigenvalue weighted by Gasteiger charge is 2.45. The summed E-state index contributed by atoms with van der Waals surface area (Å²) in [5, 5.41) is 2.02. The minimum atomic E-state index is -0.842. The van der Waals surface area contributed by atoms with Crippen LogP contribution in [-0.2, 0) is 5.66 Å². The molecule has 0 aliphatic carbocycles. The van der Waals surface area contributed by atoms with Gasteiger partial charge in [0.05, 0.1) is 12.0 Å². The molecule has 1 atom stereocenters. The number of benzene rings is 1. The third-order valence-corrected chi connectivity index (χ3v) is 6.15. The first-order chi connectivity index (χ1) is 15.4. The lowest BCUT2D eigenvalue weighted by Crippen LogP contribution is -2.51. The Morgan fingerprint density at radius 1 is 1.19 bits per heavy atom. The molecule has 168 valence electrons. The van der Waals surface area contributed by atoms with Crippen molar-refractivity contribution in [2.75, 3.05) is 37.6 Å². The first-order valence-electron chi connectivity index (χ1n) is 10.4. The maximum atomic E-state index is 14.3. The van der Waals surface area contributed by atoms with Crippen molar-refractivity contribution in [3.05, 3.63) is 65.1 Å². The Morgan fingerprint density at radius 3 is 2.72 bits per heavy atom. The number of rotatable bonds is 5. The van der Waals surface area contributed by atoms with Crippen molar-refractivity contribution in [3.8, 4) is 0 Å². The van der Waals surface area contributed by atoms with Crippen molar-refractivity contribution in [3.63, 3.8) is 0 Å². The summed E-state index contributed by atoms with van der Waals surface area (Å²) in [5.41, 5.74) is 15.0. The molecule has 32 heavy (non-hydrogen) atoms. The van der Waals surface area contributed by atoms with E-state index in [0.29, 0.717) is 40.5 Å². The summed E-state index contributed by atoms with van der Waals surface area (Å²) in [4.78, 5) is 13.5. The summed E-state index contributed by atoms with van der Waals surface area (Å²) < 4.78 is 20.0. The molecule has 0 radical (unpaired) electrons. The molecule has 1 aromatic heterocycles. The lowest BCUT2D eigenvalue weighted by atomic mass is 10.0. The predicted molar refractivity (Wildman–Crippen MR) is 121 cm³/mol. The summed E-state index contributed by atoms with van der Waals surface area (Å²) in [6, 6.07) is 8.51. The third-order valence-electron chi connectivity index (χ3n) is 5.91. The molecule has 9 nitrogen and oxygen atoms in total. The molecule has 1 unspecified atom stereocenters. The highest BCUT2D eigenvalue weighted by atomic mass is 35.5. The number of hydrogen-bond acceptors (Lipinski definition) is 9. The molecular formula is C21H24ClFN8O. The van der Waals surface area contributed by atoms with E-state index in [1.165, 1.54) is 6.07 Å². The SMILES string of the molecule is NC1=CC(N)=NC2=NC(CCN3CCN(c4ccc(Cl)cc4F)CC3)(c3ccco3)NN12. The van der Waals surface area contributed by atoms with Crippen LogP contribution >= 0.6 is 11.6 Å². The van der Waals surface area contributed by atoms with Crippen LogP contribution in [0.3, 0.4) is 0 Å². The van der Waals surface area contributed by atoms with Gasteiger partial charge in [0.25, 0.3) is 0 Å². The van der Waals surface area contributed by atoms with Crippen molar-refractivity contribution in [1.29, 1.82) is 0 Å². The Kier molecular flexibility index (Phi) is 5.28. The molecule has 11 heteroatoms. The number of furan rings is 1. The molecule has 5 rings (SSSR count). The van der Waals surface area contributed by atoms with Crippen molar-refractivity contribution < 1.29 is 8.81 Å². The summed E-state index contributed by atoms with van der Waals surface area (Å²) in [5.74, 6) is 1.50. The number of hydrazine groups is 1. The van der Waals surface area contributed by atoms with E-state index in [2.05, 4.69) is 15.3 Å². The van der Waals surface area contributed by atoms with E-state index >= 15 is 0 Å². The van der Waals surface area contributed by atoms with Gasteiger partial charge in [0.15, 0.2) is 5.66 Å². The first-order valence-corrected chi connectivity index (χ1v) is 10.8. The van der Waals surface area contributed by atoms with Gasteiger partial charge in [-0.2, -0.15) is 10.4 Å². The number of fused-ring (bicyclic) bond motifs is 1. The van der Waals surface area contributed by atoms with Crippen LogP contribution < -0.4 is 21.8 Å². The summed E-state index contributed by atoms with van der Waals surface area (Å²) >= 11 is 5.88. The average Bonchev–Trinajstić information content (AvgIpc) is 3.42. The number of nitrogens with zero attached hydrogens (tertiary/aromatic N) is 5. The number of anilines is 1. The topological polar surface area (TPSA) is 112 Å². The number of amidine groups is 1. The molecular weight excluding hydrogens is 435 g/mol. The van der Waals surface area contributed by atoms with Gasteiger partial charge in [-0.15, -0.1) is 0 Å². The normalized spacial score (nSPS) is 23.6. The second-order valence-corrected chi connectivity index (χ2v) is 8.41. The number of nitrogens with two attached hydrogens (primary N) is 2. The molecule has 0 bridgehead atoms. The fraction of sp³-hybridized carbons (Fsp3) is 0.333. The second kappa shape index (κ2) is 8.12. The Labute approximate surface area is 189 Å². The van der Waals surface area contributed by atoms with Crippen molar-refractivity contribution in [2.45, 2.75) is 12.1 Å². The zero-order chi connectivity index (χ0) is 22.3. The summed E-state index contributed by atoms with van der Waals surface area (Å²) in [6.45, 7) is 3.78. The molecule has 3 aliphatic rings. The molecule has 1 saturated heterocycles. The summed E-state index contributed by atoms with van der Waals surface area (Å²) in [7, 11) is 0. The van der Waals surface area contributed by atoms with Gasteiger partial charge in [-0.3, -0.25) is 4.90 Å². The van der Waals surface area contributed by atoms with Crippen LogP contribution in [0.1, 0.15) is 12.2 Å². The number of hydrogen-bond donors (Lipinski definition) is 3. The van der Waals surface area contributed by atoms with Crippen LogP contribution in [0.2, 0.25) is 5.02 Å². The quantitative estimate of drug-likeness (QED) is 0.626. The van der Waals surface area contributed by atoms with Crippen LogP contribution in [0, 0.1) is 5.82 Å². The number of piperazine rings is 1. The van der Waals surface area contributed by atoms with E-state index in [0.717, 1.165) is 32.7 Å². The first kappa shape index (κ1) is 20.8. The largest absolute Gasteiger partial charge is 0.465 e. The molecule has 0 amide bonds. The van der Waals surface area contributed by atoms with E-state index < -0.39 is 5.66 Å². The molecule has 0 saturated carbocycles. The van der Waals surface area contributed by atoms with Gasteiger partial charge in [0.1, 0.15) is 23.2 Å². The fourth-order valence-corrected chi connectivity index (χ4v) is 4.39. The maximum Gasteiger partial charge on any atom is 0.245 e. The van der Waals surface area contributed by atoms with Crippen LogP contribution in [0.4, 0.5) is 10.1 Å². The fourth-order valence-electron chi connectivity index (χ4n) is 4.23. The Bertz CT molecular complexity index is 1090. The Hall–Kier alpha value is -3.08. The number of halogens is 2. The lowest BCUT2D eigenvalue weighted by molar-refractivity contribution is 0.163. The lowest BCUT2D eigenvalue weighted by Gasteiger charge is -2.37. The van der Waals surface area contributed by atoms with Crippen LogP contribution in [-0.4, -0.2) is 54.4 Å². The van der Waals surface area contributed by atoms with Gasteiger partial charge < -0.3 is 20.8 Å². The monoisotopic (exact) mass is 458 g/mol. The molecule has 2 aromatic rings. The van der Waals surface area contributed by atoms with Gasteiger partial charge in [0, 0.05) is 50.2 Å². The highest BCUT2D eigenvalue weighted by molar-refractivity contribution is 6.30. The van der Waals surface area contributed by atoms with Gasteiger partial charge in [0.2, 0.25) is 5.96 Å². The number of aliphatic imine (C=N–C) groups is 2. The van der Waals surface area contributed by atoms with Gasteiger partial charge in [-0.05, 0) is 30.3 Å². The Morgan fingerprint density at radius 2 is 2.00 bits per heavy atom. The average molecular weight is 459 g/mol. The number of guanidine groups is 1. The smallest absolute Gasteiger partial charge is 0.245 e. The van der Waals surface area contributed by atoms with Crippen LogP contribution in [0.5, 0.6) is 0 Å². The minimum Gasteiger partial charge on any atom is -0.465 e. The number of nitrogens with one attached hydrogen (secondary N) is 1. The van der Waals surface area contributed by atoms with Crippen molar-refractivity contribution >= 4 is 29.1 Å². The van der Waals surface area contributed by atoms with E-state index in [9.17, 15) is 4.39 Å². The molecule has 5 N–H and O–H groups in total. The molecule has 1 fully saturated rings. The van der Waals surface area contributed by atoms with Gasteiger partial charge in [-0.25, -0.2) is 14.4 Å². The standard InChI is InChI=1S/C21H24ClFN8O/c22-14-3-4-16(15(23)12-14)30-9-7-29(8-10-30)6-5-21(17-2-1-11-32-17)27-20-26-18(24)13-19(25)31(20)28-21/h1-4,11-13,28H,5-10,25H2,(H2,24,26,27). The molecule has 1 aromatic carbocycles. The van der Waals surface area contributed by atoms with Crippen LogP contribution in [0.15, 0.2) is 62.9 Å². The predicted octanol–water partition coefficient (Wildman–Crippen LogP) is 1.78. The molecule has 0 spiro atoms. The van der Waals surface area contributed by atoms with E-state index in [1.807, 2.05) is 17.0 Å². The van der Waals surface area contributed by atoms with Crippen molar-refractivity contribution in [1.82, 2.24) is 15.3 Å². The zero-order valence-electron chi connectivity index (χ0n) is 17.3. The van der Waals surface area contributed by atoms with E-state index in [1.54, 1.807) is 29.5 Å². The minimum absolute atomic E-state index is 0.296.